The van der Waals surface area contributed by atoms with E-state index in [9.17, 15) is 4.79 Å². The smallest absolute Gasteiger partial charge is 0.273 e. The summed E-state index contributed by atoms with van der Waals surface area (Å²) in [6.45, 7) is 0.791. The monoisotopic (exact) mass is 375 g/mol. The van der Waals surface area contributed by atoms with Gasteiger partial charge in [0, 0.05) is 0 Å². The summed E-state index contributed by atoms with van der Waals surface area (Å²) in [5.74, 6) is 1.21. The largest absolute Gasteiger partial charge is 0.457 e. The molecule has 2 heterocycles. The molecule has 0 aliphatic rings. The Morgan fingerprint density at radius 2 is 1.96 bits per heavy atom. The molecular formula is C20H17N5O3. The highest BCUT2D eigenvalue weighted by atomic mass is 16.5. The Kier molecular flexibility index (Phi) is 5.10. The number of amides is 1. The van der Waals surface area contributed by atoms with Gasteiger partial charge in [-0.1, -0.05) is 35.5 Å². The van der Waals surface area contributed by atoms with Crippen molar-refractivity contribution in [1.29, 1.82) is 0 Å². The number of oxazole rings is 1. The number of carbonyl (C=O) groups is 1. The van der Waals surface area contributed by atoms with E-state index in [1.807, 2.05) is 54.6 Å². The van der Waals surface area contributed by atoms with Crippen molar-refractivity contribution in [3.8, 4) is 11.5 Å². The molecule has 0 saturated carbocycles. The van der Waals surface area contributed by atoms with Gasteiger partial charge in [-0.15, -0.1) is 5.10 Å². The molecule has 0 bridgehead atoms. The highest BCUT2D eigenvalue weighted by Gasteiger charge is 2.09. The number of nitrogens with zero attached hydrogens (tertiary/aromatic N) is 4. The van der Waals surface area contributed by atoms with E-state index >= 15 is 0 Å². The van der Waals surface area contributed by atoms with Crippen molar-refractivity contribution in [2.75, 3.05) is 0 Å². The number of hydrogen-bond donors (Lipinski definition) is 1. The molecule has 0 fully saturated rings. The van der Waals surface area contributed by atoms with Gasteiger partial charge in [0.2, 0.25) is 0 Å². The average molecular weight is 375 g/mol. The zero-order valence-electron chi connectivity index (χ0n) is 14.9. The van der Waals surface area contributed by atoms with Crippen LogP contribution in [0.15, 0.2) is 77.9 Å². The number of aromatic nitrogens is 4. The second kappa shape index (κ2) is 8.17. The lowest BCUT2D eigenvalue weighted by atomic mass is 10.2. The number of para-hydroxylation sites is 1. The molecule has 0 aliphatic heterocycles. The van der Waals surface area contributed by atoms with Crippen molar-refractivity contribution in [3.05, 3.63) is 90.4 Å². The van der Waals surface area contributed by atoms with E-state index in [0.29, 0.717) is 12.2 Å². The van der Waals surface area contributed by atoms with Crippen molar-refractivity contribution >= 4 is 5.91 Å². The van der Waals surface area contributed by atoms with Crippen LogP contribution in [0.2, 0.25) is 0 Å². The molecular weight excluding hydrogens is 358 g/mol. The summed E-state index contributed by atoms with van der Waals surface area (Å²) in [4.78, 5) is 15.7. The minimum absolute atomic E-state index is 0.225. The van der Waals surface area contributed by atoms with E-state index in [0.717, 1.165) is 17.1 Å². The molecule has 1 amide bonds. The molecule has 0 saturated heterocycles. The van der Waals surface area contributed by atoms with Crippen LogP contribution < -0.4 is 10.1 Å². The van der Waals surface area contributed by atoms with Gasteiger partial charge in [-0.2, -0.15) is 0 Å². The Morgan fingerprint density at radius 3 is 2.79 bits per heavy atom. The quantitative estimate of drug-likeness (QED) is 0.533. The maximum absolute atomic E-state index is 11.9. The number of hydrogen-bond acceptors (Lipinski definition) is 6. The second-order valence-corrected chi connectivity index (χ2v) is 6.03. The van der Waals surface area contributed by atoms with Crippen molar-refractivity contribution in [3.63, 3.8) is 0 Å². The maximum atomic E-state index is 11.9. The fraction of sp³-hybridized carbons (Fsp3) is 0.100. The SMILES string of the molecule is O=C(NCc1cn(Cc2cccc(Oc3ccccc3)c2)nn1)c1cocn1. The van der Waals surface area contributed by atoms with Crippen LogP contribution in [-0.2, 0) is 13.1 Å². The number of nitrogens with one attached hydrogen (secondary N) is 1. The predicted octanol–water partition coefficient (Wildman–Crippen LogP) is 3.04. The Hall–Kier alpha value is -3.94. The number of rotatable bonds is 7. The summed E-state index contributed by atoms with van der Waals surface area (Å²) in [6.07, 6.45) is 4.28. The van der Waals surface area contributed by atoms with Crippen LogP contribution in [0.1, 0.15) is 21.7 Å². The third kappa shape index (κ3) is 4.42. The first-order valence-electron chi connectivity index (χ1n) is 8.63. The molecule has 140 valence electrons. The molecule has 8 nitrogen and oxygen atoms in total. The van der Waals surface area contributed by atoms with Gasteiger partial charge in [-0.25, -0.2) is 9.67 Å². The molecule has 8 heteroatoms. The maximum Gasteiger partial charge on any atom is 0.273 e. The molecule has 4 aromatic rings. The van der Waals surface area contributed by atoms with E-state index in [-0.39, 0.29) is 18.1 Å². The summed E-state index contributed by atoms with van der Waals surface area (Å²) in [6, 6.07) is 17.4. The molecule has 0 atom stereocenters. The van der Waals surface area contributed by atoms with Crippen LogP contribution in [0.25, 0.3) is 0 Å². The lowest BCUT2D eigenvalue weighted by molar-refractivity contribution is 0.0945. The number of carbonyl (C=O) groups excluding carboxylic acids is 1. The number of ether oxygens (including phenoxy) is 1. The van der Waals surface area contributed by atoms with Gasteiger partial charge < -0.3 is 14.5 Å². The highest BCUT2D eigenvalue weighted by Crippen LogP contribution is 2.22. The highest BCUT2D eigenvalue weighted by molar-refractivity contribution is 5.91. The van der Waals surface area contributed by atoms with Crippen molar-refractivity contribution < 1.29 is 13.9 Å². The average Bonchev–Trinajstić information content (AvgIpc) is 3.40. The molecule has 1 N–H and O–H groups in total. The summed E-state index contributed by atoms with van der Waals surface area (Å²) in [5, 5.41) is 10.9. The van der Waals surface area contributed by atoms with E-state index in [1.54, 1.807) is 10.9 Å². The minimum atomic E-state index is -0.325. The van der Waals surface area contributed by atoms with Crippen molar-refractivity contribution in [2.24, 2.45) is 0 Å². The van der Waals surface area contributed by atoms with E-state index < -0.39 is 0 Å². The fourth-order valence-corrected chi connectivity index (χ4v) is 2.60. The molecule has 0 aliphatic carbocycles. The first-order chi connectivity index (χ1) is 13.8. The van der Waals surface area contributed by atoms with Crippen LogP contribution >= 0.6 is 0 Å². The fourth-order valence-electron chi connectivity index (χ4n) is 2.60. The summed E-state index contributed by atoms with van der Waals surface area (Å²) in [7, 11) is 0. The molecule has 28 heavy (non-hydrogen) atoms. The normalized spacial score (nSPS) is 10.6. The van der Waals surface area contributed by atoms with Crippen molar-refractivity contribution in [2.45, 2.75) is 13.1 Å². The van der Waals surface area contributed by atoms with Gasteiger partial charge in [0.1, 0.15) is 23.5 Å². The standard InChI is InChI=1S/C20H17N5O3/c26-20(19-13-27-14-22-19)21-10-16-12-25(24-23-16)11-15-5-4-8-18(9-15)28-17-6-2-1-3-7-17/h1-9,12-14H,10-11H2,(H,21,26). The Bertz CT molecular complexity index is 1040. The first-order valence-corrected chi connectivity index (χ1v) is 8.63. The minimum Gasteiger partial charge on any atom is -0.457 e. The van der Waals surface area contributed by atoms with Gasteiger partial charge in [-0.05, 0) is 29.8 Å². The van der Waals surface area contributed by atoms with E-state index in [2.05, 4.69) is 20.6 Å². The van der Waals surface area contributed by atoms with Gasteiger partial charge in [0.25, 0.3) is 5.91 Å². The summed E-state index contributed by atoms with van der Waals surface area (Å²) >= 11 is 0. The third-order valence-corrected chi connectivity index (χ3v) is 3.90. The van der Waals surface area contributed by atoms with Crippen LogP contribution in [-0.4, -0.2) is 25.9 Å². The third-order valence-electron chi connectivity index (χ3n) is 3.90. The predicted molar refractivity (Wildman–Crippen MR) is 99.8 cm³/mol. The van der Waals surface area contributed by atoms with Crippen LogP contribution in [0.4, 0.5) is 0 Å². The van der Waals surface area contributed by atoms with Gasteiger partial charge in [-0.3, -0.25) is 4.79 Å². The van der Waals surface area contributed by atoms with Crippen molar-refractivity contribution in [1.82, 2.24) is 25.3 Å². The van der Waals surface area contributed by atoms with Crippen LogP contribution in [0, 0.1) is 0 Å². The molecule has 0 unspecified atom stereocenters. The Labute approximate surface area is 160 Å². The number of benzene rings is 2. The topological polar surface area (TPSA) is 95.1 Å². The Balaban J connectivity index is 1.36. The lowest BCUT2D eigenvalue weighted by Crippen LogP contribution is -2.23. The molecule has 0 spiro atoms. The van der Waals surface area contributed by atoms with Gasteiger partial charge >= 0.3 is 0 Å². The first kappa shape index (κ1) is 17.5. The van der Waals surface area contributed by atoms with Gasteiger partial charge in [0.15, 0.2) is 12.1 Å². The molecule has 0 radical (unpaired) electrons. The van der Waals surface area contributed by atoms with E-state index in [1.165, 1.54) is 12.7 Å². The van der Waals surface area contributed by atoms with E-state index in [4.69, 9.17) is 9.15 Å². The summed E-state index contributed by atoms with van der Waals surface area (Å²) < 4.78 is 12.4. The summed E-state index contributed by atoms with van der Waals surface area (Å²) in [5.41, 5.74) is 1.90. The molecule has 2 aromatic heterocycles. The van der Waals surface area contributed by atoms with Crippen LogP contribution in [0.3, 0.4) is 0 Å². The lowest BCUT2D eigenvalue weighted by Gasteiger charge is -2.07. The zero-order chi connectivity index (χ0) is 19.2. The second-order valence-electron chi connectivity index (χ2n) is 6.03. The Morgan fingerprint density at radius 1 is 1.11 bits per heavy atom. The zero-order valence-corrected chi connectivity index (χ0v) is 14.9. The molecule has 2 aromatic carbocycles. The molecule has 4 rings (SSSR count). The van der Waals surface area contributed by atoms with Crippen LogP contribution in [0.5, 0.6) is 11.5 Å². The van der Waals surface area contributed by atoms with Gasteiger partial charge in [0.05, 0.1) is 19.3 Å².